The second-order valence-electron chi connectivity index (χ2n) is 9.48. The van der Waals surface area contributed by atoms with Gasteiger partial charge >= 0.3 is 0 Å². The van der Waals surface area contributed by atoms with Gasteiger partial charge < -0.3 is 0 Å². The molecule has 0 fully saturated rings. The van der Waals surface area contributed by atoms with Crippen LogP contribution in [0.15, 0.2) is 84.9 Å². The number of nitrogens with zero attached hydrogens (tertiary/aromatic N) is 2. The number of halogens is 1. The lowest BCUT2D eigenvalue weighted by atomic mass is 9.87. The van der Waals surface area contributed by atoms with Crippen molar-refractivity contribution in [3.63, 3.8) is 0 Å². The molecule has 0 atom stereocenters. The van der Waals surface area contributed by atoms with E-state index in [-0.39, 0.29) is 11.2 Å². The Morgan fingerprint density at radius 2 is 1.61 bits per heavy atom. The smallest absolute Gasteiger partial charge is 0.147 e. The zero-order chi connectivity index (χ0) is 22.7. The van der Waals surface area contributed by atoms with Crippen LogP contribution in [0.3, 0.4) is 0 Å². The number of rotatable bonds is 2. The van der Waals surface area contributed by atoms with E-state index >= 15 is 0 Å². The minimum Gasteiger partial charge on any atom is -0.292 e. The first-order valence-electron chi connectivity index (χ1n) is 11.1. The molecular formula is C29H23FN2S. The Labute approximate surface area is 195 Å². The molecule has 0 radical (unpaired) electrons. The van der Waals surface area contributed by atoms with Crippen LogP contribution in [0.4, 0.5) is 4.39 Å². The van der Waals surface area contributed by atoms with Crippen LogP contribution in [0.5, 0.6) is 0 Å². The highest BCUT2D eigenvalue weighted by Crippen LogP contribution is 2.41. The normalized spacial score (nSPS) is 12.2. The van der Waals surface area contributed by atoms with Crippen LogP contribution in [0.25, 0.3) is 48.3 Å². The summed E-state index contributed by atoms with van der Waals surface area (Å²) in [5, 5.41) is 2.02. The Hall–Kier alpha value is -3.50. The molecule has 0 N–H and O–H groups in total. The highest BCUT2D eigenvalue weighted by molar-refractivity contribution is 7.26. The van der Waals surface area contributed by atoms with E-state index in [9.17, 15) is 4.39 Å². The predicted octanol–water partition coefficient (Wildman–Crippen LogP) is 8.50. The lowest BCUT2D eigenvalue weighted by Crippen LogP contribution is -2.11. The van der Waals surface area contributed by atoms with Gasteiger partial charge in [0.25, 0.3) is 0 Å². The minimum absolute atomic E-state index is 0.0936. The van der Waals surface area contributed by atoms with E-state index in [2.05, 4.69) is 79.9 Å². The summed E-state index contributed by atoms with van der Waals surface area (Å²) in [6.45, 7) is 6.68. The molecule has 0 spiro atoms. The van der Waals surface area contributed by atoms with E-state index < -0.39 is 0 Å². The van der Waals surface area contributed by atoms with Crippen LogP contribution in [0, 0.1) is 5.82 Å². The van der Waals surface area contributed by atoms with Crippen molar-refractivity contribution in [2.45, 2.75) is 26.2 Å². The van der Waals surface area contributed by atoms with Crippen molar-refractivity contribution in [2.24, 2.45) is 0 Å². The zero-order valence-electron chi connectivity index (χ0n) is 18.8. The summed E-state index contributed by atoms with van der Waals surface area (Å²) < 4.78 is 18.4. The summed E-state index contributed by atoms with van der Waals surface area (Å²) in [5.41, 5.74) is 5.56. The number of thiophene rings is 1. The molecule has 0 aliphatic heterocycles. The molecule has 0 aliphatic carbocycles. The van der Waals surface area contributed by atoms with Crippen molar-refractivity contribution in [3.8, 4) is 17.1 Å². The van der Waals surface area contributed by atoms with E-state index in [1.807, 2.05) is 18.2 Å². The first-order valence-corrected chi connectivity index (χ1v) is 11.9. The summed E-state index contributed by atoms with van der Waals surface area (Å²) in [6, 6.07) is 28.3. The Kier molecular flexibility index (Phi) is 4.43. The van der Waals surface area contributed by atoms with E-state index in [1.165, 1.54) is 11.6 Å². The fourth-order valence-corrected chi connectivity index (χ4v) is 5.72. The summed E-state index contributed by atoms with van der Waals surface area (Å²) in [6.07, 6.45) is 0. The second kappa shape index (κ2) is 7.26. The molecule has 0 saturated carbocycles. The van der Waals surface area contributed by atoms with Crippen LogP contribution < -0.4 is 0 Å². The standard InChI is InChI=1S/C29H23FN2S/c1-29(2,3)18-11-14-20(15-12-18)32-25-10-5-4-9-24(25)31-28(32)22-8-6-7-21-23-17-19(30)13-16-26(23)33-27(21)22/h4-17H,1-3H3. The maximum atomic E-state index is 14.0. The zero-order valence-corrected chi connectivity index (χ0v) is 19.6. The number of fused-ring (bicyclic) bond motifs is 4. The maximum absolute atomic E-state index is 14.0. The van der Waals surface area contributed by atoms with Gasteiger partial charge in [-0.15, -0.1) is 11.3 Å². The summed E-state index contributed by atoms with van der Waals surface area (Å²) in [5.74, 6) is 0.691. The van der Waals surface area contributed by atoms with E-state index in [4.69, 9.17) is 4.98 Å². The monoisotopic (exact) mass is 450 g/mol. The SMILES string of the molecule is CC(C)(C)c1ccc(-n2c(-c3cccc4c3sc3ccc(F)cc34)nc3ccccc32)cc1. The Bertz CT molecular complexity index is 1650. The summed E-state index contributed by atoms with van der Waals surface area (Å²) >= 11 is 1.69. The summed E-state index contributed by atoms with van der Waals surface area (Å²) in [4.78, 5) is 5.06. The number of para-hydroxylation sites is 2. The molecule has 6 rings (SSSR count). The van der Waals surface area contributed by atoms with Gasteiger partial charge in [0.2, 0.25) is 0 Å². The second-order valence-corrected chi connectivity index (χ2v) is 10.5. The lowest BCUT2D eigenvalue weighted by Gasteiger charge is -2.19. The van der Waals surface area contributed by atoms with E-state index in [0.717, 1.165) is 48.3 Å². The number of aromatic nitrogens is 2. The fraction of sp³-hybridized carbons (Fsp3) is 0.138. The maximum Gasteiger partial charge on any atom is 0.147 e. The average Bonchev–Trinajstić information content (AvgIpc) is 3.37. The number of hydrogen-bond donors (Lipinski definition) is 0. The predicted molar refractivity (Wildman–Crippen MR) is 138 cm³/mol. The first-order chi connectivity index (χ1) is 15.9. The number of benzene rings is 4. The molecule has 0 amide bonds. The molecule has 33 heavy (non-hydrogen) atoms. The topological polar surface area (TPSA) is 17.8 Å². The van der Waals surface area contributed by atoms with Gasteiger partial charge in [-0.1, -0.05) is 57.2 Å². The summed E-state index contributed by atoms with van der Waals surface area (Å²) in [7, 11) is 0. The van der Waals surface area contributed by atoms with Crippen LogP contribution >= 0.6 is 11.3 Å². The van der Waals surface area contributed by atoms with Crippen LogP contribution in [-0.2, 0) is 5.41 Å². The van der Waals surface area contributed by atoms with Gasteiger partial charge in [-0.25, -0.2) is 9.37 Å². The van der Waals surface area contributed by atoms with Crippen molar-refractivity contribution in [2.75, 3.05) is 0 Å². The van der Waals surface area contributed by atoms with Crippen molar-refractivity contribution >= 4 is 42.5 Å². The Morgan fingerprint density at radius 1 is 0.818 bits per heavy atom. The lowest BCUT2D eigenvalue weighted by molar-refractivity contribution is 0.590. The molecule has 2 heterocycles. The molecule has 2 nitrogen and oxygen atoms in total. The first kappa shape index (κ1) is 20.1. The van der Waals surface area contributed by atoms with Crippen LogP contribution in [-0.4, -0.2) is 9.55 Å². The van der Waals surface area contributed by atoms with Gasteiger partial charge in [0, 0.05) is 31.4 Å². The molecule has 0 unspecified atom stereocenters. The van der Waals surface area contributed by atoms with Crippen molar-refractivity contribution in [1.29, 1.82) is 0 Å². The molecule has 0 aliphatic rings. The quantitative estimate of drug-likeness (QED) is 0.259. The molecule has 162 valence electrons. The number of imidazole rings is 1. The molecule has 0 bridgehead atoms. The van der Waals surface area contributed by atoms with Crippen LogP contribution in [0.1, 0.15) is 26.3 Å². The van der Waals surface area contributed by atoms with Gasteiger partial charge in [-0.2, -0.15) is 0 Å². The van der Waals surface area contributed by atoms with Gasteiger partial charge in [-0.3, -0.25) is 4.57 Å². The third-order valence-corrected chi connectivity index (χ3v) is 7.47. The highest BCUT2D eigenvalue weighted by atomic mass is 32.1. The fourth-order valence-electron chi connectivity index (χ4n) is 4.53. The van der Waals surface area contributed by atoms with Crippen LogP contribution in [0.2, 0.25) is 0 Å². The van der Waals surface area contributed by atoms with Crippen molar-refractivity contribution < 1.29 is 4.39 Å². The third kappa shape index (κ3) is 3.25. The highest BCUT2D eigenvalue weighted by Gasteiger charge is 2.19. The minimum atomic E-state index is -0.209. The van der Waals surface area contributed by atoms with Gasteiger partial charge in [0.05, 0.1) is 11.0 Å². The number of hydrogen-bond acceptors (Lipinski definition) is 2. The molecule has 6 aromatic rings. The third-order valence-electron chi connectivity index (χ3n) is 6.25. The largest absolute Gasteiger partial charge is 0.292 e. The Balaban J connectivity index is 1.64. The van der Waals surface area contributed by atoms with Crippen molar-refractivity contribution in [1.82, 2.24) is 9.55 Å². The van der Waals surface area contributed by atoms with Gasteiger partial charge in [-0.05, 0) is 59.5 Å². The average molecular weight is 451 g/mol. The molecular weight excluding hydrogens is 427 g/mol. The van der Waals surface area contributed by atoms with Gasteiger partial charge in [0.15, 0.2) is 0 Å². The Morgan fingerprint density at radius 3 is 2.39 bits per heavy atom. The molecule has 4 heteroatoms. The van der Waals surface area contributed by atoms with E-state index in [0.29, 0.717) is 0 Å². The van der Waals surface area contributed by atoms with E-state index in [1.54, 1.807) is 17.4 Å². The molecule has 2 aromatic heterocycles. The molecule has 0 saturated heterocycles. The van der Waals surface area contributed by atoms with Crippen molar-refractivity contribution in [3.05, 3.63) is 96.3 Å². The van der Waals surface area contributed by atoms with Gasteiger partial charge in [0.1, 0.15) is 11.6 Å². The molecule has 4 aromatic carbocycles.